The predicted molar refractivity (Wildman–Crippen MR) is 116 cm³/mol. The highest BCUT2D eigenvalue weighted by atomic mass is 32.1. The average Bonchev–Trinajstić information content (AvgIpc) is 3.18. The topological polar surface area (TPSA) is 60.4 Å². The largest absolute Gasteiger partial charge is 0.316 e. The maximum atomic E-state index is 14.2. The number of aryl methyl sites for hydroxylation is 1. The summed E-state index contributed by atoms with van der Waals surface area (Å²) in [6, 6.07) is 15.4. The predicted octanol–water partition coefficient (Wildman–Crippen LogP) is 6.02. The third-order valence-corrected chi connectivity index (χ3v) is 5.68. The van der Waals surface area contributed by atoms with E-state index in [2.05, 4.69) is 4.99 Å². The molecular formula is C23H16F3N3O2S. The molecule has 0 N–H and O–H groups in total. The number of rotatable bonds is 6. The van der Waals surface area contributed by atoms with Crippen LogP contribution in [0.15, 0.2) is 77.1 Å². The maximum Gasteiger partial charge on any atom is 0.270 e. The molecule has 4 aromatic rings. The average molecular weight is 455 g/mol. The normalized spacial score (nSPS) is 11.7. The van der Waals surface area contributed by atoms with Crippen molar-refractivity contribution in [2.45, 2.75) is 13.0 Å². The van der Waals surface area contributed by atoms with Gasteiger partial charge in [0.05, 0.1) is 10.6 Å². The Labute approximate surface area is 184 Å². The van der Waals surface area contributed by atoms with E-state index in [1.54, 1.807) is 29.6 Å². The second-order valence-electron chi connectivity index (χ2n) is 6.95. The zero-order valence-electron chi connectivity index (χ0n) is 16.5. The van der Waals surface area contributed by atoms with E-state index in [1.807, 2.05) is 4.57 Å². The first-order valence-electron chi connectivity index (χ1n) is 9.58. The van der Waals surface area contributed by atoms with Gasteiger partial charge in [0.15, 0.2) is 10.6 Å². The number of halogens is 3. The Hall–Kier alpha value is -3.72. The fourth-order valence-corrected chi connectivity index (χ4v) is 4.16. The fraction of sp³-hybridized carbons (Fsp3) is 0.0870. The summed E-state index contributed by atoms with van der Waals surface area (Å²) in [4.78, 5) is 15.5. The minimum atomic E-state index is -0.791. The minimum Gasteiger partial charge on any atom is -0.316 e. The van der Waals surface area contributed by atoms with Crippen LogP contribution in [-0.4, -0.2) is 9.49 Å². The Balaban J connectivity index is 1.79. The molecule has 0 bridgehead atoms. The van der Waals surface area contributed by atoms with Crippen LogP contribution in [0, 0.1) is 27.6 Å². The molecule has 0 unspecified atom stereocenters. The molecule has 32 heavy (non-hydrogen) atoms. The van der Waals surface area contributed by atoms with Crippen LogP contribution in [0.2, 0.25) is 0 Å². The molecule has 1 heterocycles. The van der Waals surface area contributed by atoms with Gasteiger partial charge in [-0.25, -0.2) is 18.2 Å². The van der Waals surface area contributed by atoms with Crippen molar-refractivity contribution in [3.63, 3.8) is 0 Å². The van der Waals surface area contributed by atoms with E-state index in [0.717, 1.165) is 17.7 Å². The lowest BCUT2D eigenvalue weighted by atomic mass is 10.1. The smallest absolute Gasteiger partial charge is 0.270 e. The van der Waals surface area contributed by atoms with E-state index in [9.17, 15) is 23.3 Å². The van der Waals surface area contributed by atoms with Crippen molar-refractivity contribution in [3.05, 3.63) is 110 Å². The number of nitro benzene ring substituents is 1. The summed E-state index contributed by atoms with van der Waals surface area (Å²) in [6.07, 6.45) is 0.526. The van der Waals surface area contributed by atoms with Gasteiger partial charge in [-0.3, -0.25) is 10.1 Å². The summed E-state index contributed by atoms with van der Waals surface area (Å²) in [6.45, 7) is 0.412. The summed E-state index contributed by atoms with van der Waals surface area (Å²) in [7, 11) is 0. The molecular weight excluding hydrogens is 439 g/mol. The molecule has 0 saturated heterocycles. The highest BCUT2D eigenvalue weighted by Crippen LogP contribution is 2.26. The van der Waals surface area contributed by atoms with E-state index in [0.29, 0.717) is 29.0 Å². The SMILES string of the molecule is O=[N+]([O-])c1cccc(-c2csc(=Nc3ccc(F)cc3F)n2CCc2ccc(F)cc2)c1. The molecule has 4 rings (SSSR count). The van der Waals surface area contributed by atoms with Crippen molar-refractivity contribution >= 4 is 22.7 Å². The number of hydrogen-bond acceptors (Lipinski definition) is 4. The molecule has 0 saturated carbocycles. The van der Waals surface area contributed by atoms with Gasteiger partial charge in [0.2, 0.25) is 0 Å². The van der Waals surface area contributed by atoms with Gasteiger partial charge in [-0.2, -0.15) is 0 Å². The van der Waals surface area contributed by atoms with Crippen LogP contribution in [0.25, 0.3) is 11.3 Å². The first-order valence-corrected chi connectivity index (χ1v) is 10.5. The van der Waals surface area contributed by atoms with Gasteiger partial charge in [0, 0.05) is 35.7 Å². The third kappa shape index (κ3) is 4.78. The van der Waals surface area contributed by atoms with E-state index in [-0.39, 0.29) is 17.2 Å². The summed E-state index contributed by atoms with van der Waals surface area (Å²) >= 11 is 1.24. The molecule has 9 heteroatoms. The molecule has 0 radical (unpaired) electrons. The Morgan fingerprint density at radius 2 is 1.72 bits per heavy atom. The van der Waals surface area contributed by atoms with Gasteiger partial charge in [-0.1, -0.05) is 24.3 Å². The van der Waals surface area contributed by atoms with E-state index in [1.165, 1.54) is 41.7 Å². The zero-order chi connectivity index (χ0) is 22.7. The first-order chi connectivity index (χ1) is 15.4. The first kappa shape index (κ1) is 21.5. The number of non-ortho nitro benzene ring substituents is 1. The number of nitro groups is 1. The van der Waals surface area contributed by atoms with Crippen molar-refractivity contribution in [1.29, 1.82) is 0 Å². The Morgan fingerprint density at radius 1 is 0.969 bits per heavy atom. The van der Waals surface area contributed by atoms with Gasteiger partial charge < -0.3 is 4.57 Å². The Morgan fingerprint density at radius 3 is 2.44 bits per heavy atom. The number of thiazole rings is 1. The lowest BCUT2D eigenvalue weighted by molar-refractivity contribution is -0.384. The van der Waals surface area contributed by atoms with Crippen molar-refractivity contribution < 1.29 is 18.1 Å². The molecule has 0 atom stereocenters. The second kappa shape index (κ2) is 9.19. The monoisotopic (exact) mass is 455 g/mol. The van der Waals surface area contributed by atoms with Crippen LogP contribution in [-0.2, 0) is 13.0 Å². The molecule has 0 aliphatic carbocycles. The molecule has 0 amide bonds. The molecule has 1 aromatic heterocycles. The summed E-state index contributed by atoms with van der Waals surface area (Å²) in [5.74, 6) is -1.83. The van der Waals surface area contributed by atoms with E-state index < -0.39 is 16.6 Å². The van der Waals surface area contributed by atoms with Crippen LogP contribution in [0.5, 0.6) is 0 Å². The van der Waals surface area contributed by atoms with Crippen LogP contribution in [0.3, 0.4) is 0 Å². The third-order valence-electron chi connectivity index (χ3n) is 4.81. The van der Waals surface area contributed by atoms with E-state index in [4.69, 9.17) is 0 Å². The van der Waals surface area contributed by atoms with Crippen LogP contribution in [0.1, 0.15) is 5.56 Å². The lowest BCUT2D eigenvalue weighted by Crippen LogP contribution is -2.17. The van der Waals surface area contributed by atoms with Gasteiger partial charge in [-0.15, -0.1) is 11.3 Å². The van der Waals surface area contributed by atoms with Crippen LogP contribution < -0.4 is 4.80 Å². The molecule has 3 aromatic carbocycles. The minimum absolute atomic E-state index is 0.0191. The van der Waals surface area contributed by atoms with Gasteiger partial charge in [0.1, 0.15) is 17.3 Å². The zero-order valence-corrected chi connectivity index (χ0v) is 17.4. The van der Waals surface area contributed by atoms with Crippen molar-refractivity contribution in [2.75, 3.05) is 0 Å². The van der Waals surface area contributed by atoms with Crippen molar-refractivity contribution in [2.24, 2.45) is 4.99 Å². The summed E-state index contributed by atoms with van der Waals surface area (Å²) in [5.41, 5.74) is 2.09. The Kier molecular flexibility index (Phi) is 6.18. The highest BCUT2D eigenvalue weighted by molar-refractivity contribution is 7.07. The summed E-state index contributed by atoms with van der Waals surface area (Å²) < 4.78 is 42.5. The van der Waals surface area contributed by atoms with Crippen molar-refractivity contribution in [3.8, 4) is 11.3 Å². The number of aromatic nitrogens is 1. The molecule has 0 aliphatic heterocycles. The molecule has 0 aliphatic rings. The number of nitrogens with zero attached hydrogens (tertiary/aromatic N) is 3. The second-order valence-corrected chi connectivity index (χ2v) is 7.78. The van der Waals surface area contributed by atoms with Crippen LogP contribution in [0.4, 0.5) is 24.5 Å². The molecule has 0 fully saturated rings. The van der Waals surface area contributed by atoms with Gasteiger partial charge in [-0.05, 0) is 36.2 Å². The number of hydrogen-bond donors (Lipinski definition) is 0. The quantitative estimate of drug-likeness (QED) is 0.264. The van der Waals surface area contributed by atoms with E-state index >= 15 is 0 Å². The van der Waals surface area contributed by atoms with Gasteiger partial charge >= 0.3 is 0 Å². The summed E-state index contributed by atoms with van der Waals surface area (Å²) in [5, 5.41) is 13.0. The molecule has 0 spiro atoms. The molecule has 162 valence electrons. The number of benzene rings is 3. The Bertz CT molecular complexity index is 1350. The standard InChI is InChI=1S/C23H16F3N3O2S/c24-17-6-4-15(5-7-17)10-11-28-22(16-2-1-3-19(12-16)29(30)31)14-32-23(28)27-21-9-8-18(25)13-20(21)26/h1-9,12-14H,10-11H2. The fourth-order valence-electron chi connectivity index (χ4n) is 3.21. The lowest BCUT2D eigenvalue weighted by Gasteiger charge is -2.10. The molecule has 5 nitrogen and oxygen atoms in total. The maximum absolute atomic E-state index is 14.2. The van der Waals surface area contributed by atoms with Crippen molar-refractivity contribution in [1.82, 2.24) is 4.57 Å². The van der Waals surface area contributed by atoms with Gasteiger partial charge in [0.25, 0.3) is 5.69 Å². The highest BCUT2D eigenvalue weighted by Gasteiger charge is 2.13. The van der Waals surface area contributed by atoms with Crippen LogP contribution >= 0.6 is 11.3 Å².